The molecule has 0 aliphatic rings. The first-order valence-corrected chi connectivity index (χ1v) is 8.72. The first-order valence-electron chi connectivity index (χ1n) is 7.14. The van der Waals surface area contributed by atoms with Gasteiger partial charge in [0.25, 0.3) is 5.91 Å². The molecule has 0 spiro atoms. The first-order chi connectivity index (χ1) is 11.9. The van der Waals surface area contributed by atoms with Crippen molar-refractivity contribution in [2.75, 3.05) is 5.73 Å². The van der Waals surface area contributed by atoms with Crippen LogP contribution in [0.3, 0.4) is 0 Å². The van der Waals surface area contributed by atoms with Crippen LogP contribution in [-0.4, -0.2) is 20.9 Å². The topological polar surface area (TPSA) is 99.8 Å². The maximum Gasteiger partial charge on any atom is 0.273 e. The molecular weight excluding hydrogens is 381 g/mol. The van der Waals surface area contributed by atoms with Crippen molar-refractivity contribution in [2.24, 2.45) is 5.73 Å². The van der Waals surface area contributed by atoms with E-state index >= 15 is 0 Å². The zero-order valence-electron chi connectivity index (χ0n) is 12.8. The van der Waals surface area contributed by atoms with E-state index in [0.29, 0.717) is 16.6 Å². The summed E-state index contributed by atoms with van der Waals surface area (Å²) in [5, 5.41) is 8.81. The van der Waals surface area contributed by atoms with Crippen molar-refractivity contribution in [1.29, 1.82) is 0 Å². The summed E-state index contributed by atoms with van der Waals surface area (Å²) in [6, 6.07) is 13.2. The van der Waals surface area contributed by atoms with Crippen molar-refractivity contribution < 1.29 is 4.79 Å². The second-order valence-corrected chi connectivity index (χ2v) is 7.12. The number of anilines is 1. The predicted octanol–water partition coefficient (Wildman–Crippen LogP) is 3.47. The summed E-state index contributed by atoms with van der Waals surface area (Å²) in [4.78, 5) is 13.1. The average molecular weight is 394 g/mol. The molecule has 6 nitrogen and oxygen atoms in total. The van der Waals surface area contributed by atoms with Crippen molar-refractivity contribution in [3.8, 4) is 0 Å². The Hall–Kier alpha value is -2.22. The summed E-state index contributed by atoms with van der Waals surface area (Å²) >= 11 is 13.8. The highest BCUT2D eigenvalue weighted by Crippen LogP contribution is 2.34. The number of carbonyl (C=O) groups excluding carboxylic acids is 1. The van der Waals surface area contributed by atoms with Gasteiger partial charge in [-0.1, -0.05) is 46.2 Å². The Balaban J connectivity index is 1.78. The quantitative estimate of drug-likeness (QED) is 0.690. The summed E-state index contributed by atoms with van der Waals surface area (Å²) in [6.45, 7) is 0.331. The van der Waals surface area contributed by atoms with Gasteiger partial charge in [-0.05, 0) is 42.0 Å². The van der Waals surface area contributed by atoms with E-state index in [1.54, 1.807) is 0 Å². The highest BCUT2D eigenvalue weighted by Gasteiger charge is 2.15. The summed E-state index contributed by atoms with van der Waals surface area (Å²) in [6.07, 6.45) is 0. The normalized spacial score (nSPS) is 10.8. The minimum atomic E-state index is -0.712. The number of carbonyl (C=O) groups is 1. The Morgan fingerprint density at radius 3 is 2.48 bits per heavy atom. The molecule has 3 rings (SSSR count). The van der Waals surface area contributed by atoms with Gasteiger partial charge in [-0.2, -0.15) is 0 Å². The van der Waals surface area contributed by atoms with E-state index in [1.807, 2.05) is 42.5 Å². The van der Waals surface area contributed by atoms with E-state index in [-0.39, 0.29) is 11.5 Å². The van der Waals surface area contributed by atoms with Crippen molar-refractivity contribution in [1.82, 2.24) is 15.0 Å². The minimum Gasteiger partial charge on any atom is -0.382 e. The zero-order valence-corrected chi connectivity index (χ0v) is 15.1. The number of benzene rings is 2. The van der Waals surface area contributed by atoms with Crippen molar-refractivity contribution in [3.63, 3.8) is 0 Å². The largest absolute Gasteiger partial charge is 0.382 e. The summed E-state index contributed by atoms with van der Waals surface area (Å²) in [5.41, 5.74) is 11.8. The molecule has 0 unspecified atom stereocenters. The molecule has 0 bridgehead atoms. The van der Waals surface area contributed by atoms with E-state index < -0.39 is 5.91 Å². The highest BCUT2D eigenvalue weighted by molar-refractivity contribution is 7.99. The molecule has 3 aromatic rings. The monoisotopic (exact) mass is 393 g/mol. The SMILES string of the molecule is NC(=O)c1nnn(Cc2ccc(Sc3ccc(Cl)cc3)c(Cl)c2)c1N. The molecule has 0 saturated carbocycles. The Morgan fingerprint density at radius 2 is 1.88 bits per heavy atom. The maximum atomic E-state index is 11.2. The lowest BCUT2D eigenvalue weighted by molar-refractivity contribution is 0.0996. The molecule has 4 N–H and O–H groups in total. The fourth-order valence-electron chi connectivity index (χ4n) is 2.14. The van der Waals surface area contributed by atoms with Crippen LogP contribution in [0.15, 0.2) is 52.3 Å². The molecule has 25 heavy (non-hydrogen) atoms. The standard InChI is InChI=1S/C16H13Cl2N5OS/c17-10-2-4-11(5-3-10)25-13-6-1-9(7-12(13)18)8-23-15(19)14(16(20)24)21-22-23/h1-7H,8,19H2,(H2,20,24). The summed E-state index contributed by atoms with van der Waals surface area (Å²) < 4.78 is 1.40. The molecule has 0 fully saturated rings. The second-order valence-electron chi connectivity index (χ2n) is 5.17. The van der Waals surface area contributed by atoms with Gasteiger partial charge in [0.1, 0.15) is 0 Å². The Kier molecular flexibility index (Phi) is 5.17. The van der Waals surface area contributed by atoms with Crippen LogP contribution in [0, 0.1) is 0 Å². The van der Waals surface area contributed by atoms with Gasteiger partial charge >= 0.3 is 0 Å². The molecule has 2 aromatic carbocycles. The van der Waals surface area contributed by atoms with Crippen LogP contribution in [-0.2, 0) is 6.54 Å². The Morgan fingerprint density at radius 1 is 1.16 bits per heavy atom. The number of aromatic nitrogens is 3. The van der Waals surface area contributed by atoms with Gasteiger partial charge in [0.05, 0.1) is 11.6 Å². The molecule has 0 atom stereocenters. The number of rotatable bonds is 5. The van der Waals surface area contributed by atoms with Gasteiger partial charge in [0, 0.05) is 14.8 Å². The lowest BCUT2D eigenvalue weighted by Gasteiger charge is -2.08. The number of halogens is 2. The number of nitrogens with two attached hydrogens (primary N) is 2. The molecule has 128 valence electrons. The smallest absolute Gasteiger partial charge is 0.273 e. The van der Waals surface area contributed by atoms with E-state index in [1.165, 1.54) is 16.4 Å². The lowest BCUT2D eigenvalue weighted by atomic mass is 10.2. The fraction of sp³-hybridized carbons (Fsp3) is 0.0625. The van der Waals surface area contributed by atoms with Crippen LogP contribution in [0.2, 0.25) is 10.0 Å². The Bertz CT molecular complexity index is 927. The average Bonchev–Trinajstić information content (AvgIpc) is 2.93. The predicted molar refractivity (Wildman–Crippen MR) is 99.1 cm³/mol. The summed E-state index contributed by atoms with van der Waals surface area (Å²) in [5.74, 6) is -0.584. The van der Waals surface area contributed by atoms with Gasteiger partial charge in [0.15, 0.2) is 11.5 Å². The minimum absolute atomic E-state index is 0.0407. The highest BCUT2D eigenvalue weighted by atomic mass is 35.5. The van der Waals surface area contributed by atoms with E-state index in [2.05, 4.69) is 10.3 Å². The van der Waals surface area contributed by atoms with Crippen LogP contribution < -0.4 is 11.5 Å². The molecule has 0 saturated heterocycles. The number of hydrogen-bond acceptors (Lipinski definition) is 5. The van der Waals surface area contributed by atoms with Crippen LogP contribution in [0.25, 0.3) is 0 Å². The molecule has 0 aliphatic carbocycles. The molecule has 9 heteroatoms. The molecule has 0 radical (unpaired) electrons. The molecule has 1 heterocycles. The van der Waals surface area contributed by atoms with Crippen molar-refractivity contribution in [2.45, 2.75) is 16.3 Å². The zero-order chi connectivity index (χ0) is 18.0. The van der Waals surface area contributed by atoms with Gasteiger partial charge in [-0.15, -0.1) is 5.10 Å². The van der Waals surface area contributed by atoms with Gasteiger partial charge in [-0.3, -0.25) is 4.79 Å². The second kappa shape index (κ2) is 7.35. The fourth-order valence-corrected chi connectivity index (χ4v) is 3.40. The van der Waals surface area contributed by atoms with E-state index in [0.717, 1.165) is 15.4 Å². The number of primary amides is 1. The molecule has 0 aliphatic heterocycles. The molecular formula is C16H13Cl2N5OS. The van der Waals surface area contributed by atoms with Crippen molar-refractivity contribution >= 4 is 46.7 Å². The third-order valence-electron chi connectivity index (χ3n) is 3.38. The van der Waals surface area contributed by atoms with E-state index in [9.17, 15) is 4.79 Å². The summed E-state index contributed by atoms with van der Waals surface area (Å²) in [7, 11) is 0. The number of nitrogens with zero attached hydrogens (tertiary/aromatic N) is 3. The van der Waals surface area contributed by atoms with Gasteiger partial charge in [0.2, 0.25) is 0 Å². The van der Waals surface area contributed by atoms with Crippen LogP contribution in [0.4, 0.5) is 5.82 Å². The molecule has 1 amide bonds. The van der Waals surface area contributed by atoms with Crippen LogP contribution >= 0.6 is 35.0 Å². The first kappa shape index (κ1) is 17.6. The van der Waals surface area contributed by atoms with Gasteiger partial charge < -0.3 is 11.5 Å². The van der Waals surface area contributed by atoms with E-state index in [4.69, 9.17) is 34.7 Å². The van der Waals surface area contributed by atoms with Gasteiger partial charge in [-0.25, -0.2) is 4.68 Å². The Labute approximate surface area is 158 Å². The third kappa shape index (κ3) is 4.07. The van der Waals surface area contributed by atoms with Crippen LogP contribution in [0.5, 0.6) is 0 Å². The van der Waals surface area contributed by atoms with Crippen molar-refractivity contribution in [3.05, 3.63) is 63.8 Å². The number of amides is 1. The molecule has 1 aromatic heterocycles. The number of nitrogen functional groups attached to an aromatic ring is 1. The maximum absolute atomic E-state index is 11.2. The lowest BCUT2D eigenvalue weighted by Crippen LogP contribution is -2.14. The van der Waals surface area contributed by atoms with Crippen LogP contribution in [0.1, 0.15) is 16.1 Å². The number of hydrogen-bond donors (Lipinski definition) is 2. The third-order valence-corrected chi connectivity index (χ3v) is 5.14.